The SMILES string of the molecule is CC(C1CC1)N(CC(F)(F)F)C(=O)/C=C/C(=O)O. The monoisotopic (exact) mass is 265 g/mol. The highest BCUT2D eigenvalue weighted by Gasteiger charge is 2.39. The van der Waals surface area contributed by atoms with Gasteiger partial charge in [-0.05, 0) is 25.7 Å². The van der Waals surface area contributed by atoms with Gasteiger partial charge in [-0.3, -0.25) is 4.79 Å². The van der Waals surface area contributed by atoms with Crippen LogP contribution in [0.5, 0.6) is 0 Å². The standard InChI is InChI=1S/C11H14F3NO3/c1-7(8-2-3-8)15(6-11(12,13)14)9(16)4-5-10(17)18/h4-5,7-8H,2-3,6H2,1H3,(H,17,18)/b5-4+. The van der Waals surface area contributed by atoms with Gasteiger partial charge in [-0.25, -0.2) is 4.79 Å². The van der Waals surface area contributed by atoms with Crippen molar-refractivity contribution in [1.29, 1.82) is 0 Å². The zero-order chi connectivity index (χ0) is 13.9. The summed E-state index contributed by atoms with van der Waals surface area (Å²) in [7, 11) is 0. The number of rotatable bonds is 5. The molecule has 7 heteroatoms. The van der Waals surface area contributed by atoms with Gasteiger partial charge >= 0.3 is 12.1 Å². The van der Waals surface area contributed by atoms with E-state index < -0.39 is 30.6 Å². The highest BCUT2D eigenvalue weighted by molar-refractivity contribution is 5.94. The summed E-state index contributed by atoms with van der Waals surface area (Å²) in [5.74, 6) is -2.21. The number of aliphatic carboxylic acids is 1. The molecular formula is C11H14F3NO3. The summed E-state index contributed by atoms with van der Waals surface area (Å²) < 4.78 is 37.1. The number of amides is 1. The molecule has 0 aromatic rings. The summed E-state index contributed by atoms with van der Waals surface area (Å²) in [5.41, 5.74) is 0. The number of carboxylic acids is 1. The Kier molecular flexibility index (Phi) is 4.37. The third kappa shape index (κ3) is 4.77. The lowest BCUT2D eigenvalue weighted by Gasteiger charge is -2.29. The number of alkyl halides is 3. The Morgan fingerprint density at radius 3 is 2.33 bits per heavy atom. The van der Waals surface area contributed by atoms with Crippen LogP contribution in [0.4, 0.5) is 13.2 Å². The molecule has 0 spiro atoms. The van der Waals surface area contributed by atoms with E-state index in [0.717, 1.165) is 12.8 Å². The Bertz CT molecular complexity index is 361. The van der Waals surface area contributed by atoms with Crippen molar-refractivity contribution in [2.75, 3.05) is 6.54 Å². The third-order valence-corrected chi connectivity index (χ3v) is 2.80. The largest absolute Gasteiger partial charge is 0.478 e. The summed E-state index contributed by atoms with van der Waals surface area (Å²) in [6.45, 7) is 0.198. The van der Waals surface area contributed by atoms with Crippen LogP contribution < -0.4 is 0 Å². The second-order valence-electron chi connectivity index (χ2n) is 4.33. The first kappa shape index (κ1) is 14.5. The Balaban J connectivity index is 2.75. The Labute approximate surface area is 102 Å². The fourth-order valence-corrected chi connectivity index (χ4v) is 1.69. The van der Waals surface area contributed by atoms with E-state index in [2.05, 4.69) is 0 Å². The van der Waals surface area contributed by atoms with Gasteiger partial charge in [0.2, 0.25) is 5.91 Å². The van der Waals surface area contributed by atoms with Crippen molar-refractivity contribution in [1.82, 2.24) is 4.90 Å². The quantitative estimate of drug-likeness (QED) is 0.771. The molecule has 1 rings (SSSR count). The molecule has 1 saturated carbocycles. The number of carboxylic acid groups (broad SMARTS) is 1. The number of halogens is 3. The molecule has 0 radical (unpaired) electrons. The smallest absolute Gasteiger partial charge is 0.406 e. The van der Waals surface area contributed by atoms with Gasteiger partial charge in [0.25, 0.3) is 0 Å². The molecule has 1 N–H and O–H groups in total. The maximum Gasteiger partial charge on any atom is 0.406 e. The fourth-order valence-electron chi connectivity index (χ4n) is 1.69. The normalized spacial score (nSPS) is 17.8. The van der Waals surface area contributed by atoms with Gasteiger partial charge in [-0.1, -0.05) is 0 Å². The Morgan fingerprint density at radius 1 is 1.39 bits per heavy atom. The molecular weight excluding hydrogens is 251 g/mol. The summed E-state index contributed by atoms with van der Waals surface area (Å²) in [6, 6.07) is -0.530. The van der Waals surface area contributed by atoms with Crippen LogP contribution >= 0.6 is 0 Å². The van der Waals surface area contributed by atoms with E-state index in [0.29, 0.717) is 17.1 Å². The van der Waals surface area contributed by atoms with Crippen molar-refractivity contribution in [2.24, 2.45) is 5.92 Å². The van der Waals surface area contributed by atoms with Gasteiger partial charge in [-0.2, -0.15) is 13.2 Å². The van der Waals surface area contributed by atoms with E-state index in [4.69, 9.17) is 5.11 Å². The minimum Gasteiger partial charge on any atom is -0.478 e. The molecule has 1 fully saturated rings. The van der Waals surface area contributed by atoms with Gasteiger partial charge in [0.1, 0.15) is 6.54 Å². The van der Waals surface area contributed by atoms with Gasteiger partial charge in [0, 0.05) is 18.2 Å². The number of carbonyl (C=O) groups excluding carboxylic acids is 1. The van der Waals surface area contributed by atoms with Crippen LogP contribution in [0.15, 0.2) is 12.2 Å². The maximum absolute atomic E-state index is 12.4. The van der Waals surface area contributed by atoms with Gasteiger partial charge in [-0.15, -0.1) is 0 Å². The highest BCUT2D eigenvalue weighted by atomic mass is 19.4. The average molecular weight is 265 g/mol. The van der Waals surface area contributed by atoms with Gasteiger partial charge in [0.05, 0.1) is 0 Å². The molecule has 18 heavy (non-hydrogen) atoms. The first-order chi connectivity index (χ1) is 8.20. The van der Waals surface area contributed by atoms with Crippen LogP contribution in [-0.4, -0.2) is 40.6 Å². The lowest BCUT2D eigenvalue weighted by Crippen LogP contribution is -2.44. The van der Waals surface area contributed by atoms with Crippen LogP contribution in [-0.2, 0) is 9.59 Å². The maximum atomic E-state index is 12.4. The van der Waals surface area contributed by atoms with Crippen LogP contribution in [0, 0.1) is 5.92 Å². The molecule has 4 nitrogen and oxygen atoms in total. The molecule has 1 amide bonds. The average Bonchev–Trinajstić information content (AvgIpc) is 3.03. The zero-order valence-corrected chi connectivity index (χ0v) is 9.78. The van der Waals surface area contributed by atoms with Crippen LogP contribution in [0.25, 0.3) is 0 Å². The fraction of sp³-hybridized carbons (Fsp3) is 0.636. The van der Waals surface area contributed by atoms with Crippen molar-refractivity contribution in [3.63, 3.8) is 0 Å². The lowest BCUT2D eigenvalue weighted by atomic mass is 10.1. The van der Waals surface area contributed by atoms with E-state index in [1.54, 1.807) is 6.92 Å². The first-order valence-corrected chi connectivity index (χ1v) is 5.49. The molecule has 0 heterocycles. The summed E-state index contributed by atoms with van der Waals surface area (Å²) in [4.78, 5) is 22.5. The Morgan fingerprint density at radius 2 is 1.94 bits per heavy atom. The molecule has 0 aromatic heterocycles. The molecule has 1 atom stereocenters. The topological polar surface area (TPSA) is 57.6 Å². The van der Waals surface area contributed by atoms with Gasteiger partial charge in [0.15, 0.2) is 0 Å². The Hall–Kier alpha value is -1.53. The molecule has 0 aliphatic heterocycles. The van der Waals surface area contributed by atoms with Crippen molar-refractivity contribution in [2.45, 2.75) is 32.0 Å². The number of nitrogens with zero attached hydrogens (tertiary/aromatic N) is 1. The summed E-state index contributed by atoms with van der Waals surface area (Å²) in [5, 5.41) is 8.36. The van der Waals surface area contributed by atoms with Crippen LogP contribution in [0.3, 0.4) is 0 Å². The minimum atomic E-state index is -4.49. The molecule has 0 aromatic carbocycles. The molecule has 1 aliphatic carbocycles. The van der Waals surface area contributed by atoms with E-state index in [1.807, 2.05) is 0 Å². The van der Waals surface area contributed by atoms with Crippen LogP contribution in [0.2, 0.25) is 0 Å². The lowest BCUT2D eigenvalue weighted by molar-refractivity contribution is -0.163. The minimum absolute atomic E-state index is 0.0783. The van der Waals surface area contributed by atoms with E-state index >= 15 is 0 Å². The zero-order valence-electron chi connectivity index (χ0n) is 9.78. The van der Waals surface area contributed by atoms with Crippen molar-refractivity contribution >= 4 is 11.9 Å². The number of hydrogen-bond donors (Lipinski definition) is 1. The van der Waals surface area contributed by atoms with E-state index in [1.165, 1.54) is 0 Å². The predicted octanol–water partition coefficient (Wildman–Crippen LogP) is 1.82. The van der Waals surface area contributed by atoms with Crippen molar-refractivity contribution < 1.29 is 27.9 Å². The second-order valence-corrected chi connectivity index (χ2v) is 4.33. The molecule has 1 aliphatic rings. The van der Waals surface area contributed by atoms with Gasteiger partial charge < -0.3 is 10.0 Å². The first-order valence-electron chi connectivity index (χ1n) is 5.49. The number of hydrogen-bond acceptors (Lipinski definition) is 2. The molecule has 0 bridgehead atoms. The van der Waals surface area contributed by atoms with Crippen molar-refractivity contribution in [3.05, 3.63) is 12.2 Å². The summed E-state index contributed by atoms with van der Waals surface area (Å²) >= 11 is 0. The predicted molar refractivity (Wildman–Crippen MR) is 56.7 cm³/mol. The highest BCUT2D eigenvalue weighted by Crippen LogP contribution is 2.36. The number of carbonyl (C=O) groups is 2. The molecule has 0 saturated heterocycles. The van der Waals surface area contributed by atoms with Crippen molar-refractivity contribution in [3.8, 4) is 0 Å². The van der Waals surface area contributed by atoms with Crippen LogP contribution in [0.1, 0.15) is 19.8 Å². The van der Waals surface area contributed by atoms with E-state index in [9.17, 15) is 22.8 Å². The molecule has 1 unspecified atom stereocenters. The van der Waals surface area contributed by atoms with E-state index in [-0.39, 0.29) is 5.92 Å². The molecule has 102 valence electrons. The third-order valence-electron chi connectivity index (χ3n) is 2.80. The second kappa shape index (κ2) is 5.41. The summed E-state index contributed by atoms with van der Waals surface area (Å²) in [6.07, 6.45) is -1.69.